The van der Waals surface area contributed by atoms with Crippen LogP contribution in [0.25, 0.3) is 10.8 Å². The molecule has 0 aliphatic carbocycles. The number of aromatic nitrogens is 1. The largest absolute Gasteiger partial charge is 0.368 e. The molecular weight excluding hydrogens is 286 g/mol. The topological polar surface area (TPSA) is 52.6 Å². The lowest BCUT2D eigenvalue weighted by atomic mass is 10.1. The number of likely N-dealkylation sites (N-methyl/N-ethyl adjacent to an activating group) is 1. The molecule has 1 aromatic heterocycles. The molecule has 0 radical (unpaired) electrons. The van der Waals surface area contributed by atoms with Crippen LogP contribution < -0.4 is 10.7 Å². The van der Waals surface area contributed by atoms with Crippen LogP contribution in [-0.2, 0) is 0 Å². The molecule has 1 saturated heterocycles. The maximum atomic E-state index is 4.81. The number of benzene rings is 1. The second-order valence-electron chi connectivity index (χ2n) is 6.16. The summed E-state index contributed by atoms with van der Waals surface area (Å²) in [5.74, 6) is 0.948. The van der Waals surface area contributed by atoms with Gasteiger partial charge in [0.2, 0.25) is 0 Å². The maximum absolute atomic E-state index is 4.81. The highest BCUT2D eigenvalue weighted by Crippen LogP contribution is 2.24. The number of rotatable bonds is 5. The lowest BCUT2D eigenvalue weighted by Gasteiger charge is -2.20. The highest BCUT2D eigenvalue weighted by atomic mass is 15.3. The molecule has 122 valence electrons. The zero-order chi connectivity index (χ0) is 16.2. The van der Waals surface area contributed by atoms with Crippen molar-refractivity contribution < 1.29 is 0 Å². The molecule has 0 bridgehead atoms. The van der Waals surface area contributed by atoms with Gasteiger partial charge in [-0.25, -0.2) is 4.98 Å². The van der Waals surface area contributed by atoms with Crippen molar-refractivity contribution in [2.24, 2.45) is 5.10 Å². The smallest absolute Gasteiger partial charge is 0.134 e. The first-order chi connectivity index (χ1) is 11.2. The first kappa shape index (κ1) is 15.7. The number of likely N-dealkylation sites (tertiary alicyclic amines) is 1. The van der Waals surface area contributed by atoms with Crippen molar-refractivity contribution >= 4 is 22.3 Å². The zero-order valence-electron chi connectivity index (χ0n) is 14.1. The quantitative estimate of drug-likeness (QED) is 0.658. The van der Waals surface area contributed by atoms with E-state index in [-0.39, 0.29) is 0 Å². The van der Waals surface area contributed by atoms with Crippen molar-refractivity contribution in [2.45, 2.75) is 25.8 Å². The fourth-order valence-corrected chi connectivity index (χ4v) is 3.20. The summed E-state index contributed by atoms with van der Waals surface area (Å²) in [6.07, 6.45) is 2.53. The van der Waals surface area contributed by atoms with Crippen molar-refractivity contribution in [2.75, 3.05) is 32.5 Å². The van der Waals surface area contributed by atoms with Crippen LogP contribution in [-0.4, -0.2) is 48.8 Å². The average molecular weight is 311 g/mol. The summed E-state index contributed by atoms with van der Waals surface area (Å²) >= 11 is 0. The summed E-state index contributed by atoms with van der Waals surface area (Å²) in [5, 5.41) is 10.2. The molecule has 1 aromatic carbocycles. The fourth-order valence-electron chi connectivity index (χ4n) is 3.20. The molecule has 2 aromatic rings. The molecule has 1 aliphatic rings. The monoisotopic (exact) mass is 311 g/mol. The van der Waals surface area contributed by atoms with Crippen LogP contribution in [0.5, 0.6) is 0 Å². The molecule has 23 heavy (non-hydrogen) atoms. The minimum atomic E-state index is 0.589. The van der Waals surface area contributed by atoms with E-state index in [0.29, 0.717) is 6.04 Å². The summed E-state index contributed by atoms with van der Waals surface area (Å²) in [4.78, 5) is 7.23. The van der Waals surface area contributed by atoms with Crippen molar-refractivity contribution in [3.63, 3.8) is 0 Å². The van der Waals surface area contributed by atoms with Gasteiger partial charge in [0, 0.05) is 25.0 Å². The third kappa shape index (κ3) is 3.45. The highest BCUT2D eigenvalue weighted by molar-refractivity contribution is 6.02. The third-order valence-electron chi connectivity index (χ3n) is 4.57. The van der Waals surface area contributed by atoms with E-state index in [0.717, 1.165) is 29.2 Å². The van der Waals surface area contributed by atoms with Crippen molar-refractivity contribution in [1.82, 2.24) is 15.3 Å². The van der Waals surface area contributed by atoms with Gasteiger partial charge in [0.15, 0.2) is 0 Å². The van der Waals surface area contributed by atoms with Crippen LogP contribution in [0.15, 0.2) is 35.4 Å². The molecule has 1 aliphatic heterocycles. The first-order valence-corrected chi connectivity index (χ1v) is 8.24. The van der Waals surface area contributed by atoms with E-state index in [9.17, 15) is 0 Å². The third-order valence-corrected chi connectivity index (χ3v) is 4.57. The first-order valence-electron chi connectivity index (χ1n) is 8.24. The molecule has 0 spiro atoms. The number of fused-ring (bicyclic) bond motifs is 1. The molecule has 3 rings (SSSR count). The Morgan fingerprint density at radius 2 is 2.22 bits per heavy atom. The lowest BCUT2D eigenvalue weighted by Crippen LogP contribution is -2.31. The van der Waals surface area contributed by atoms with Gasteiger partial charge in [-0.05, 0) is 44.8 Å². The fraction of sp³-hybridized carbons (Fsp3) is 0.444. The second kappa shape index (κ2) is 6.96. The molecule has 5 heteroatoms. The molecule has 0 saturated carbocycles. The van der Waals surface area contributed by atoms with Gasteiger partial charge in [0.05, 0.1) is 11.4 Å². The predicted molar refractivity (Wildman–Crippen MR) is 97.2 cm³/mol. The Labute approximate surface area is 137 Å². The molecule has 0 amide bonds. The van der Waals surface area contributed by atoms with E-state index < -0.39 is 0 Å². The van der Waals surface area contributed by atoms with Gasteiger partial charge in [0.1, 0.15) is 5.82 Å². The van der Waals surface area contributed by atoms with E-state index in [4.69, 9.17) is 4.98 Å². The van der Waals surface area contributed by atoms with Crippen LogP contribution in [0.3, 0.4) is 0 Å². The van der Waals surface area contributed by atoms with Gasteiger partial charge in [0.25, 0.3) is 0 Å². The van der Waals surface area contributed by atoms with Crippen molar-refractivity contribution in [3.05, 3.63) is 36.0 Å². The maximum Gasteiger partial charge on any atom is 0.134 e. The Morgan fingerprint density at radius 3 is 2.96 bits per heavy atom. The van der Waals surface area contributed by atoms with Gasteiger partial charge in [-0.15, -0.1) is 0 Å². The Morgan fingerprint density at radius 1 is 1.39 bits per heavy atom. The van der Waals surface area contributed by atoms with Gasteiger partial charge >= 0.3 is 0 Å². The Kier molecular flexibility index (Phi) is 4.76. The number of hydrogen-bond acceptors (Lipinski definition) is 5. The van der Waals surface area contributed by atoms with E-state index in [1.165, 1.54) is 24.8 Å². The molecule has 1 unspecified atom stereocenters. The van der Waals surface area contributed by atoms with Crippen LogP contribution in [0.1, 0.15) is 25.5 Å². The van der Waals surface area contributed by atoms with Crippen LogP contribution in [0.4, 0.5) is 5.82 Å². The minimum Gasteiger partial charge on any atom is -0.368 e. The minimum absolute atomic E-state index is 0.589. The van der Waals surface area contributed by atoms with Crippen LogP contribution >= 0.6 is 0 Å². The summed E-state index contributed by atoms with van der Waals surface area (Å²) in [6, 6.07) is 11.1. The Hall–Kier alpha value is -2.14. The zero-order valence-corrected chi connectivity index (χ0v) is 14.1. The molecule has 2 N–H and O–H groups in total. The molecule has 1 atom stereocenters. The van der Waals surface area contributed by atoms with E-state index >= 15 is 0 Å². The van der Waals surface area contributed by atoms with Crippen LogP contribution in [0.2, 0.25) is 0 Å². The predicted octanol–water partition coefficient (Wildman–Crippen LogP) is 2.68. The molecule has 1 fully saturated rings. The number of hydrogen-bond donors (Lipinski definition) is 2. The summed E-state index contributed by atoms with van der Waals surface area (Å²) < 4.78 is 0. The van der Waals surface area contributed by atoms with Crippen LogP contribution in [0, 0.1) is 0 Å². The van der Waals surface area contributed by atoms with Gasteiger partial charge < -0.3 is 15.6 Å². The summed E-state index contributed by atoms with van der Waals surface area (Å²) in [6.45, 7) is 4.09. The summed E-state index contributed by atoms with van der Waals surface area (Å²) in [7, 11) is 4.00. The van der Waals surface area contributed by atoms with Crippen molar-refractivity contribution in [1.29, 1.82) is 0 Å². The normalized spacial score (nSPS) is 19.3. The number of anilines is 1. The summed E-state index contributed by atoms with van der Waals surface area (Å²) in [5.41, 5.74) is 4.63. The van der Waals surface area contributed by atoms with Gasteiger partial charge in [-0.1, -0.05) is 24.3 Å². The molecular formula is C18H25N5. The SMILES string of the molecule is CN/N=C(\C)c1cc2ccccc2c(NCC2CCCN2C)n1. The Balaban J connectivity index is 1.91. The average Bonchev–Trinajstić information content (AvgIpc) is 2.97. The van der Waals surface area contributed by atoms with Gasteiger partial charge in [-0.2, -0.15) is 5.10 Å². The lowest BCUT2D eigenvalue weighted by molar-refractivity contribution is 0.322. The highest BCUT2D eigenvalue weighted by Gasteiger charge is 2.20. The number of hydrazone groups is 1. The van der Waals surface area contributed by atoms with E-state index in [1.807, 2.05) is 6.92 Å². The number of pyridine rings is 1. The van der Waals surface area contributed by atoms with Crippen molar-refractivity contribution in [3.8, 4) is 0 Å². The van der Waals surface area contributed by atoms with E-state index in [1.54, 1.807) is 7.05 Å². The van der Waals surface area contributed by atoms with Gasteiger partial charge in [-0.3, -0.25) is 0 Å². The number of nitrogens with one attached hydrogen (secondary N) is 2. The number of nitrogens with zero attached hydrogens (tertiary/aromatic N) is 3. The molecule has 2 heterocycles. The van der Waals surface area contributed by atoms with E-state index in [2.05, 4.69) is 58.1 Å². The standard InChI is InChI=1S/C18H25N5/c1-13(22-19-2)17-11-14-7-4-5-9-16(14)18(21-17)20-12-15-8-6-10-23(15)3/h4-5,7,9,11,15,19H,6,8,10,12H2,1-3H3,(H,20,21)/b22-13+. The Bertz CT molecular complexity index is 710. The second-order valence-corrected chi connectivity index (χ2v) is 6.16. The molecule has 5 nitrogen and oxygen atoms in total.